The first-order valence-electron chi connectivity index (χ1n) is 5.25. The van der Waals surface area contributed by atoms with Crippen LogP contribution in [0.3, 0.4) is 0 Å². The van der Waals surface area contributed by atoms with E-state index in [9.17, 15) is 10.1 Å². The van der Waals surface area contributed by atoms with Gasteiger partial charge in [0.15, 0.2) is 0 Å². The van der Waals surface area contributed by atoms with Gasteiger partial charge in [0.1, 0.15) is 23.5 Å². The second-order valence-electron chi connectivity index (χ2n) is 3.59. The van der Waals surface area contributed by atoms with Crippen molar-refractivity contribution in [3.63, 3.8) is 0 Å². The van der Waals surface area contributed by atoms with Crippen molar-refractivity contribution in [2.24, 2.45) is 5.16 Å². The van der Waals surface area contributed by atoms with E-state index in [2.05, 4.69) is 5.16 Å². The second kappa shape index (κ2) is 5.21. The molecule has 0 saturated carbocycles. The van der Waals surface area contributed by atoms with Crippen LogP contribution < -0.4 is 4.74 Å². The normalized spacial score (nSPS) is 10.8. The lowest BCUT2D eigenvalue weighted by Gasteiger charge is -2.05. The molecule has 0 bridgehead atoms. The van der Waals surface area contributed by atoms with E-state index in [0.29, 0.717) is 22.8 Å². The van der Waals surface area contributed by atoms with Crippen molar-refractivity contribution in [3.8, 4) is 17.1 Å². The first-order valence-corrected chi connectivity index (χ1v) is 5.25. The number of benzene rings is 1. The van der Waals surface area contributed by atoms with Crippen LogP contribution in [-0.4, -0.2) is 23.5 Å². The third-order valence-corrected chi connectivity index (χ3v) is 2.47. The van der Waals surface area contributed by atoms with Crippen LogP contribution in [-0.2, 0) is 0 Å². The van der Waals surface area contributed by atoms with Gasteiger partial charge < -0.3 is 14.4 Å². The number of rotatable bonds is 4. The fraction of sp³-hybridized carbons (Fsp3) is 0.0833. The predicted molar refractivity (Wildman–Crippen MR) is 66.7 cm³/mol. The number of hydrogen-bond donors (Lipinski definition) is 1. The molecule has 0 fully saturated rings. The Morgan fingerprint density at radius 2 is 2.21 bits per heavy atom. The SMILES string of the molecule is COc1cc([N+](=O)[O-])ccc1-c1ccc(/C=N/O)o1. The Bertz CT molecular complexity index is 633. The van der Waals surface area contributed by atoms with Gasteiger partial charge in [-0.25, -0.2) is 0 Å². The molecule has 0 aliphatic heterocycles. The highest BCUT2D eigenvalue weighted by Crippen LogP contribution is 2.33. The van der Waals surface area contributed by atoms with Crippen LogP contribution in [0.2, 0.25) is 0 Å². The molecular weight excluding hydrogens is 252 g/mol. The molecule has 1 aromatic heterocycles. The molecule has 0 amide bonds. The average molecular weight is 262 g/mol. The van der Waals surface area contributed by atoms with Gasteiger partial charge in [-0.15, -0.1) is 0 Å². The highest BCUT2D eigenvalue weighted by Gasteiger charge is 2.15. The van der Waals surface area contributed by atoms with Crippen molar-refractivity contribution in [3.05, 3.63) is 46.2 Å². The third-order valence-electron chi connectivity index (χ3n) is 2.47. The van der Waals surface area contributed by atoms with Gasteiger partial charge in [0, 0.05) is 6.07 Å². The molecule has 1 N–H and O–H groups in total. The number of hydrogen-bond acceptors (Lipinski definition) is 6. The van der Waals surface area contributed by atoms with E-state index in [1.54, 1.807) is 12.1 Å². The van der Waals surface area contributed by atoms with E-state index < -0.39 is 4.92 Å². The van der Waals surface area contributed by atoms with Crippen molar-refractivity contribution in [1.82, 2.24) is 0 Å². The zero-order chi connectivity index (χ0) is 13.8. The lowest BCUT2D eigenvalue weighted by molar-refractivity contribution is -0.384. The Kier molecular flexibility index (Phi) is 3.46. The Balaban J connectivity index is 2.45. The smallest absolute Gasteiger partial charge is 0.273 e. The van der Waals surface area contributed by atoms with E-state index in [-0.39, 0.29) is 5.69 Å². The highest BCUT2D eigenvalue weighted by atomic mass is 16.6. The molecule has 0 spiro atoms. The summed E-state index contributed by atoms with van der Waals surface area (Å²) in [7, 11) is 1.42. The standard InChI is InChI=1S/C12H10N2O5/c1-18-12-6-8(14(16)17)2-4-10(12)11-5-3-9(19-11)7-13-15/h2-7,15H,1H3/b13-7+. The number of oxime groups is 1. The number of nitrogens with zero attached hydrogens (tertiary/aromatic N) is 2. The molecule has 2 rings (SSSR count). The maximum atomic E-state index is 10.7. The van der Waals surface area contributed by atoms with Crippen molar-refractivity contribution in [2.45, 2.75) is 0 Å². The molecule has 1 aromatic carbocycles. The summed E-state index contributed by atoms with van der Waals surface area (Å²) < 4.78 is 10.5. The summed E-state index contributed by atoms with van der Waals surface area (Å²) in [5, 5.41) is 21.9. The molecule has 1 heterocycles. The summed E-state index contributed by atoms with van der Waals surface area (Å²) in [6, 6.07) is 7.48. The Hall–Kier alpha value is -2.83. The molecule has 98 valence electrons. The van der Waals surface area contributed by atoms with E-state index >= 15 is 0 Å². The first-order chi connectivity index (χ1) is 9.15. The van der Waals surface area contributed by atoms with Crippen LogP contribution in [0.1, 0.15) is 5.76 Å². The predicted octanol–water partition coefficient (Wildman–Crippen LogP) is 2.67. The maximum Gasteiger partial charge on any atom is 0.273 e. The molecular formula is C12H10N2O5. The van der Waals surface area contributed by atoms with Gasteiger partial charge in [0.05, 0.1) is 23.7 Å². The maximum absolute atomic E-state index is 10.7. The van der Waals surface area contributed by atoms with Gasteiger partial charge in [0.25, 0.3) is 5.69 Å². The molecule has 0 radical (unpaired) electrons. The average Bonchev–Trinajstić information content (AvgIpc) is 2.86. The Labute approximate surface area is 107 Å². The number of ether oxygens (including phenoxy) is 1. The fourth-order valence-corrected chi connectivity index (χ4v) is 1.62. The van der Waals surface area contributed by atoms with Gasteiger partial charge in [-0.2, -0.15) is 0 Å². The topological polar surface area (TPSA) is 98.1 Å². The summed E-state index contributed by atoms with van der Waals surface area (Å²) >= 11 is 0. The molecule has 0 unspecified atom stereocenters. The van der Waals surface area contributed by atoms with Crippen LogP contribution in [0.25, 0.3) is 11.3 Å². The number of non-ortho nitro benzene ring substituents is 1. The minimum atomic E-state index is -0.502. The zero-order valence-corrected chi connectivity index (χ0v) is 9.94. The zero-order valence-electron chi connectivity index (χ0n) is 9.94. The molecule has 7 nitrogen and oxygen atoms in total. The van der Waals surface area contributed by atoms with Crippen molar-refractivity contribution in [1.29, 1.82) is 0 Å². The van der Waals surface area contributed by atoms with Gasteiger partial charge >= 0.3 is 0 Å². The molecule has 0 aliphatic carbocycles. The minimum Gasteiger partial charge on any atom is -0.496 e. The Morgan fingerprint density at radius 3 is 2.84 bits per heavy atom. The van der Waals surface area contributed by atoms with Gasteiger partial charge in [0.2, 0.25) is 0 Å². The third kappa shape index (κ3) is 2.54. The first kappa shape index (κ1) is 12.6. The largest absolute Gasteiger partial charge is 0.496 e. The molecule has 7 heteroatoms. The van der Waals surface area contributed by atoms with Crippen molar-refractivity contribution >= 4 is 11.9 Å². The van der Waals surface area contributed by atoms with Gasteiger partial charge in [-0.05, 0) is 18.2 Å². The quantitative estimate of drug-likeness (QED) is 0.395. The summed E-state index contributed by atoms with van der Waals surface area (Å²) in [5.74, 6) is 1.15. The molecule has 0 aliphatic rings. The van der Waals surface area contributed by atoms with Gasteiger partial charge in [-0.1, -0.05) is 5.16 Å². The van der Waals surface area contributed by atoms with E-state index in [1.807, 2.05) is 0 Å². The van der Waals surface area contributed by atoms with Gasteiger partial charge in [-0.3, -0.25) is 10.1 Å². The van der Waals surface area contributed by atoms with Crippen molar-refractivity contribution in [2.75, 3.05) is 7.11 Å². The number of methoxy groups -OCH3 is 1. The second-order valence-corrected chi connectivity index (χ2v) is 3.59. The van der Waals surface area contributed by atoms with Crippen molar-refractivity contribution < 1.29 is 19.3 Å². The minimum absolute atomic E-state index is 0.0655. The van der Waals surface area contributed by atoms with Crippen LogP contribution >= 0.6 is 0 Å². The monoisotopic (exact) mass is 262 g/mol. The van der Waals surface area contributed by atoms with Crippen LogP contribution in [0.5, 0.6) is 5.75 Å². The lowest BCUT2D eigenvalue weighted by Crippen LogP contribution is -1.92. The number of nitro groups is 1. The summed E-state index contributed by atoms with van der Waals surface area (Å²) in [6.45, 7) is 0. The van der Waals surface area contributed by atoms with E-state index in [4.69, 9.17) is 14.4 Å². The molecule has 2 aromatic rings. The van der Waals surface area contributed by atoms with Crippen LogP contribution in [0.4, 0.5) is 5.69 Å². The summed E-state index contributed by atoms with van der Waals surface area (Å²) in [4.78, 5) is 10.2. The highest BCUT2D eigenvalue weighted by molar-refractivity contribution is 5.78. The van der Waals surface area contributed by atoms with E-state index in [1.165, 1.54) is 25.3 Å². The number of furan rings is 1. The van der Waals surface area contributed by atoms with Crippen LogP contribution in [0.15, 0.2) is 39.9 Å². The summed E-state index contributed by atoms with van der Waals surface area (Å²) in [5.41, 5.74) is 0.509. The summed E-state index contributed by atoms with van der Waals surface area (Å²) in [6.07, 6.45) is 1.14. The number of nitro benzene ring substituents is 1. The molecule has 0 atom stereocenters. The fourth-order valence-electron chi connectivity index (χ4n) is 1.62. The Morgan fingerprint density at radius 1 is 1.42 bits per heavy atom. The lowest BCUT2D eigenvalue weighted by atomic mass is 10.1. The van der Waals surface area contributed by atoms with Crippen LogP contribution in [0, 0.1) is 10.1 Å². The molecule has 0 saturated heterocycles. The molecule has 19 heavy (non-hydrogen) atoms. The van der Waals surface area contributed by atoms with E-state index in [0.717, 1.165) is 6.21 Å².